The van der Waals surface area contributed by atoms with Gasteiger partial charge >= 0.3 is 6.09 Å². The lowest BCUT2D eigenvalue weighted by Crippen LogP contribution is -2.31. The summed E-state index contributed by atoms with van der Waals surface area (Å²) in [6.45, 7) is 18.3. The third kappa shape index (κ3) is 9.06. The highest BCUT2D eigenvalue weighted by molar-refractivity contribution is 6.06. The van der Waals surface area contributed by atoms with E-state index in [9.17, 15) is 14.4 Å². The Hall–Kier alpha value is -3.65. The average Bonchev–Trinajstić information content (AvgIpc) is 2.70. The maximum absolute atomic E-state index is 12.8. The van der Waals surface area contributed by atoms with Crippen molar-refractivity contribution >= 4 is 34.3 Å². The van der Waals surface area contributed by atoms with Gasteiger partial charge in [-0.3, -0.25) is 14.9 Å². The van der Waals surface area contributed by atoms with Gasteiger partial charge in [0, 0.05) is 28.5 Å². The molecule has 0 fully saturated rings. The lowest BCUT2D eigenvalue weighted by Gasteiger charge is -2.30. The van der Waals surface area contributed by atoms with Gasteiger partial charge in [0.1, 0.15) is 5.56 Å². The van der Waals surface area contributed by atoms with Crippen molar-refractivity contribution in [3.63, 3.8) is 0 Å². The molecule has 8 heteroatoms. The highest BCUT2D eigenvalue weighted by Crippen LogP contribution is 2.32. The van der Waals surface area contributed by atoms with Crippen molar-refractivity contribution in [2.75, 3.05) is 10.6 Å². The lowest BCUT2D eigenvalue weighted by molar-refractivity contribution is -0.102. The number of carbonyl (C=O) groups is 2. The number of nitrogens with one attached hydrogen (secondary N) is 3. The number of amides is 2. The molecule has 1 heterocycles. The minimum absolute atomic E-state index is 0.0156. The third-order valence-electron chi connectivity index (χ3n) is 4.97. The number of H-pyrrole nitrogens is 1. The number of hydrogen-bond acceptors (Lipinski definition) is 4. The molecule has 0 bridgehead atoms. The summed E-state index contributed by atoms with van der Waals surface area (Å²) in [4.78, 5) is 39.4. The Morgan fingerprint density at radius 3 is 1.97 bits per heavy atom. The number of pyridine rings is 1. The van der Waals surface area contributed by atoms with Gasteiger partial charge < -0.3 is 20.1 Å². The molecular formula is C29H39N3O5. The number of carbonyl (C=O) groups excluding carboxylic acids is 1. The number of hydrogen-bond donors (Lipinski definition) is 4. The summed E-state index contributed by atoms with van der Waals surface area (Å²) in [6, 6.07) is 11.9. The number of ether oxygens (including phenoxy) is 1. The number of para-hydroxylation sites is 1. The maximum atomic E-state index is 12.8. The van der Waals surface area contributed by atoms with Crippen LogP contribution in [0.1, 0.15) is 78.2 Å². The van der Waals surface area contributed by atoms with Crippen LogP contribution in [0.5, 0.6) is 0 Å². The molecule has 2 aromatic carbocycles. The number of rotatable bonds is 3. The summed E-state index contributed by atoms with van der Waals surface area (Å²) in [7, 11) is 0. The van der Waals surface area contributed by atoms with Gasteiger partial charge in [0.15, 0.2) is 0 Å². The molecule has 4 N–H and O–H groups in total. The fourth-order valence-corrected chi connectivity index (χ4v) is 3.95. The minimum Gasteiger partial charge on any atom is -0.465 e. The van der Waals surface area contributed by atoms with Crippen LogP contribution in [-0.2, 0) is 10.2 Å². The first-order valence-corrected chi connectivity index (χ1v) is 12.1. The average molecular weight is 510 g/mol. The fourth-order valence-electron chi connectivity index (χ4n) is 3.95. The molecule has 2 amide bonds. The second-order valence-corrected chi connectivity index (χ2v) is 11.8. The number of carboxylic acid groups (broad SMARTS) is 1. The molecule has 37 heavy (non-hydrogen) atoms. The summed E-state index contributed by atoms with van der Waals surface area (Å²) < 4.78 is 5.62. The van der Waals surface area contributed by atoms with E-state index in [4.69, 9.17) is 9.84 Å². The van der Waals surface area contributed by atoms with E-state index in [1.54, 1.807) is 42.5 Å². The van der Waals surface area contributed by atoms with Crippen molar-refractivity contribution in [3.8, 4) is 0 Å². The molecule has 0 radical (unpaired) electrons. The van der Waals surface area contributed by atoms with E-state index in [-0.39, 0.29) is 27.6 Å². The van der Waals surface area contributed by atoms with Gasteiger partial charge in [0.05, 0.1) is 11.2 Å². The first-order valence-electron chi connectivity index (χ1n) is 12.1. The van der Waals surface area contributed by atoms with Crippen molar-refractivity contribution in [1.29, 1.82) is 0 Å². The Kier molecular flexibility index (Phi) is 8.93. The Balaban J connectivity index is 0.000000458. The van der Waals surface area contributed by atoms with Crippen LogP contribution in [-0.4, -0.2) is 33.3 Å². The number of aromatic nitrogens is 1. The molecule has 0 aliphatic rings. The van der Waals surface area contributed by atoms with Gasteiger partial charge in [-0.15, -0.1) is 0 Å². The SMILES string of the molecule is CC(C)(C)OC(C)(C)C.CC(C)(C)c1ccc(NC(=O)O)cc1NC(=O)c1c[nH]c2ccccc2c1=O. The van der Waals surface area contributed by atoms with Gasteiger partial charge in [-0.25, -0.2) is 4.79 Å². The molecule has 0 saturated carbocycles. The monoisotopic (exact) mass is 509 g/mol. The summed E-state index contributed by atoms with van der Waals surface area (Å²) in [5.74, 6) is -0.565. The molecule has 3 aromatic rings. The Morgan fingerprint density at radius 2 is 1.46 bits per heavy atom. The van der Waals surface area contributed by atoms with E-state index in [1.807, 2.05) is 20.8 Å². The number of benzene rings is 2. The van der Waals surface area contributed by atoms with Gasteiger partial charge in [-0.2, -0.15) is 0 Å². The van der Waals surface area contributed by atoms with Crippen LogP contribution in [0.3, 0.4) is 0 Å². The standard InChI is InChI=1S/C21H21N3O4.C8H18O/c1-21(2,3)15-9-8-12(23-20(27)28)10-17(15)24-19(26)14-11-22-16-7-5-4-6-13(16)18(14)25;1-7(2,3)9-8(4,5)6/h4-11,23H,1-3H3,(H,22,25)(H,24,26)(H,27,28);1-6H3. The molecular weight excluding hydrogens is 470 g/mol. The van der Waals surface area contributed by atoms with Crippen LogP contribution in [0.2, 0.25) is 0 Å². The largest absolute Gasteiger partial charge is 0.465 e. The zero-order valence-corrected chi connectivity index (χ0v) is 23.2. The normalized spacial score (nSPS) is 11.9. The molecule has 0 spiro atoms. The summed E-state index contributed by atoms with van der Waals surface area (Å²) in [6.07, 6.45) is 0.183. The zero-order valence-electron chi connectivity index (χ0n) is 23.2. The minimum atomic E-state index is -1.20. The fraction of sp³-hybridized carbons (Fsp3) is 0.414. The van der Waals surface area contributed by atoms with Crippen molar-refractivity contribution < 1.29 is 19.4 Å². The predicted molar refractivity (Wildman–Crippen MR) is 150 cm³/mol. The van der Waals surface area contributed by atoms with Crippen molar-refractivity contribution in [2.45, 2.75) is 78.9 Å². The van der Waals surface area contributed by atoms with Crippen LogP contribution in [0.4, 0.5) is 16.2 Å². The van der Waals surface area contributed by atoms with Crippen molar-refractivity contribution in [2.24, 2.45) is 0 Å². The smallest absolute Gasteiger partial charge is 0.409 e. The molecule has 0 aliphatic carbocycles. The van der Waals surface area contributed by atoms with Gasteiger partial charge in [0.25, 0.3) is 5.91 Å². The highest BCUT2D eigenvalue weighted by Gasteiger charge is 2.22. The predicted octanol–water partition coefficient (Wildman–Crippen LogP) is 6.77. The summed E-state index contributed by atoms with van der Waals surface area (Å²) in [5.41, 5.74) is 1.50. The number of aromatic amines is 1. The van der Waals surface area contributed by atoms with Crippen molar-refractivity contribution in [1.82, 2.24) is 4.98 Å². The molecule has 0 unspecified atom stereocenters. The number of anilines is 2. The highest BCUT2D eigenvalue weighted by atomic mass is 16.5. The van der Waals surface area contributed by atoms with Gasteiger partial charge in [-0.1, -0.05) is 39.0 Å². The molecule has 1 aromatic heterocycles. The van der Waals surface area contributed by atoms with Gasteiger partial charge in [0.2, 0.25) is 5.43 Å². The maximum Gasteiger partial charge on any atom is 0.409 e. The first-order chi connectivity index (χ1) is 16.9. The van der Waals surface area contributed by atoms with E-state index in [2.05, 4.69) is 57.2 Å². The van der Waals surface area contributed by atoms with Crippen LogP contribution >= 0.6 is 0 Å². The molecule has 3 rings (SSSR count). The number of fused-ring (bicyclic) bond motifs is 1. The molecule has 0 aliphatic heterocycles. The van der Waals surface area contributed by atoms with E-state index in [1.165, 1.54) is 6.20 Å². The van der Waals surface area contributed by atoms with E-state index in [0.29, 0.717) is 22.3 Å². The zero-order chi connectivity index (χ0) is 28.2. The quantitative estimate of drug-likeness (QED) is 0.311. The van der Waals surface area contributed by atoms with Crippen LogP contribution in [0.15, 0.2) is 53.5 Å². The molecule has 200 valence electrons. The topological polar surface area (TPSA) is 121 Å². The van der Waals surface area contributed by atoms with Crippen LogP contribution in [0.25, 0.3) is 10.9 Å². The third-order valence-corrected chi connectivity index (χ3v) is 4.97. The van der Waals surface area contributed by atoms with Gasteiger partial charge in [-0.05, 0) is 76.8 Å². The van der Waals surface area contributed by atoms with Crippen LogP contribution < -0.4 is 16.1 Å². The Bertz CT molecular complexity index is 1310. The summed E-state index contributed by atoms with van der Waals surface area (Å²) in [5, 5.41) is 14.4. The molecule has 8 nitrogen and oxygen atoms in total. The molecule has 0 saturated heterocycles. The summed E-state index contributed by atoms with van der Waals surface area (Å²) >= 11 is 0. The Labute approximate surface area is 218 Å². The first kappa shape index (κ1) is 29.6. The van der Waals surface area contributed by atoms with Crippen LogP contribution in [0, 0.1) is 0 Å². The van der Waals surface area contributed by atoms with Crippen molar-refractivity contribution in [3.05, 3.63) is 70.0 Å². The molecule has 0 atom stereocenters. The van der Waals surface area contributed by atoms with E-state index in [0.717, 1.165) is 5.56 Å². The van der Waals surface area contributed by atoms with E-state index >= 15 is 0 Å². The lowest BCUT2D eigenvalue weighted by atomic mass is 9.85. The Morgan fingerprint density at radius 1 is 0.865 bits per heavy atom. The second-order valence-electron chi connectivity index (χ2n) is 11.8. The second kappa shape index (κ2) is 11.2. The van der Waals surface area contributed by atoms with E-state index < -0.39 is 12.0 Å².